The van der Waals surface area contributed by atoms with Crippen LogP contribution in [0.25, 0.3) is 0 Å². The zero-order chi connectivity index (χ0) is 8.93. The van der Waals surface area contributed by atoms with E-state index in [0.717, 1.165) is 6.42 Å². The van der Waals surface area contributed by atoms with E-state index in [0.29, 0.717) is 29.5 Å². The van der Waals surface area contributed by atoms with Gasteiger partial charge in [-0.1, -0.05) is 25.5 Å². The van der Waals surface area contributed by atoms with E-state index < -0.39 is 0 Å². The number of carbonyl (C=O) groups is 1. The first-order valence-corrected chi connectivity index (χ1v) is 4.71. The standard InChI is InChI=1S/C11H16O/c1-7-4-8(12)6-10-9(5-7)11(10,2)3/h5,9-10H,4,6H2,1-3H3. The molecular formula is C11H16O. The van der Waals surface area contributed by atoms with Gasteiger partial charge in [0.2, 0.25) is 0 Å². The van der Waals surface area contributed by atoms with Gasteiger partial charge in [-0.2, -0.15) is 0 Å². The molecule has 1 nitrogen and oxygen atoms in total. The normalized spacial score (nSPS) is 38.2. The highest BCUT2D eigenvalue weighted by Gasteiger charge is 2.57. The van der Waals surface area contributed by atoms with Gasteiger partial charge in [0, 0.05) is 12.8 Å². The third-order valence-corrected chi connectivity index (χ3v) is 3.53. The number of hydrogen-bond donors (Lipinski definition) is 0. The van der Waals surface area contributed by atoms with Crippen molar-refractivity contribution < 1.29 is 4.79 Å². The first kappa shape index (κ1) is 8.03. The third-order valence-electron chi connectivity index (χ3n) is 3.53. The Labute approximate surface area is 73.8 Å². The molecule has 0 aromatic heterocycles. The van der Waals surface area contributed by atoms with E-state index in [1.807, 2.05) is 0 Å². The molecule has 66 valence electrons. The van der Waals surface area contributed by atoms with Gasteiger partial charge in [0.1, 0.15) is 5.78 Å². The summed E-state index contributed by atoms with van der Waals surface area (Å²) in [4.78, 5) is 11.4. The van der Waals surface area contributed by atoms with Gasteiger partial charge in [-0.15, -0.1) is 0 Å². The number of ketones is 1. The summed E-state index contributed by atoms with van der Waals surface area (Å²) in [6.07, 6.45) is 3.82. The Kier molecular flexibility index (Phi) is 1.48. The van der Waals surface area contributed by atoms with E-state index in [1.165, 1.54) is 5.57 Å². The summed E-state index contributed by atoms with van der Waals surface area (Å²) in [5, 5.41) is 0. The predicted molar refractivity (Wildman–Crippen MR) is 48.8 cm³/mol. The molecule has 1 fully saturated rings. The molecule has 0 saturated heterocycles. The Balaban J connectivity index is 2.24. The van der Waals surface area contributed by atoms with Crippen LogP contribution in [0.15, 0.2) is 11.6 Å². The van der Waals surface area contributed by atoms with Gasteiger partial charge >= 0.3 is 0 Å². The van der Waals surface area contributed by atoms with Crippen molar-refractivity contribution in [3.8, 4) is 0 Å². The lowest BCUT2D eigenvalue weighted by molar-refractivity contribution is -0.118. The molecule has 0 radical (unpaired) electrons. The molecule has 0 heterocycles. The smallest absolute Gasteiger partial charge is 0.137 e. The molecule has 2 unspecified atom stereocenters. The SMILES string of the molecule is CC1=CC2C(CC(=O)C1)C2(C)C. The molecule has 0 N–H and O–H groups in total. The lowest BCUT2D eigenvalue weighted by Crippen LogP contribution is -2.02. The maximum atomic E-state index is 11.4. The van der Waals surface area contributed by atoms with Crippen molar-refractivity contribution in [2.45, 2.75) is 33.6 Å². The van der Waals surface area contributed by atoms with E-state index >= 15 is 0 Å². The molecule has 0 aromatic carbocycles. The van der Waals surface area contributed by atoms with Crippen LogP contribution in [0.3, 0.4) is 0 Å². The summed E-state index contributed by atoms with van der Waals surface area (Å²) in [7, 11) is 0. The van der Waals surface area contributed by atoms with Crippen LogP contribution in [0.2, 0.25) is 0 Å². The Morgan fingerprint density at radius 2 is 2.17 bits per heavy atom. The van der Waals surface area contributed by atoms with Crippen molar-refractivity contribution in [2.24, 2.45) is 17.3 Å². The molecule has 0 aliphatic heterocycles. The number of carbonyl (C=O) groups excluding carboxylic acids is 1. The van der Waals surface area contributed by atoms with Crippen molar-refractivity contribution in [3.05, 3.63) is 11.6 Å². The minimum absolute atomic E-state index is 0.400. The van der Waals surface area contributed by atoms with Crippen LogP contribution in [0, 0.1) is 17.3 Å². The van der Waals surface area contributed by atoms with Gasteiger partial charge in [0.05, 0.1) is 0 Å². The summed E-state index contributed by atoms with van der Waals surface area (Å²) >= 11 is 0. The predicted octanol–water partition coefficient (Wildman–Crippen LogP) is 2.57. The molecule has 0 aromatic rings. The summed E-state index contributed by atoms with van der Waals surface area (Å²) in [6.45, 7) is 6.62. The lowest BCUT2D eigenvalue weighted by Gasteiger charge is -2.04. The van der Waals surface area contributed by atoms with Crippen LogP contribution in [-0.4, -0.2) is 5.78 Å². The third kappa shape index (κ3) is 1.03. The Morgan fingerprint density at radius 3 is 2.83 bits per heavy atom. The number of Topliss-reactive ketones (excluding diaryl/α,β-unsaturated/α-hetero) is 1. The van der Waals surface area contributed by atoms with Crippen molar-refractivity contribution in [1.82, 2.24) is 0 Å². The average Bonchev–Trinajstić information content (AvgIpc) is 2.45. The lowest BCUT2D eigenvalue weighted by atomic mass is 10.0. The van der Waals surface area contributed by atoms with Gasteiger partial charge < -0.3 is 0 Å². The fourth-order valence-corrected chi connectivity index (χ4v) is 2.50. The number of allylic oxidation sites excluding steroid dienone is 2. The van der Waals surface area contributed by atoms with Crippen LogP contribution in [0.4, 0.5) is 0 Å². The Bertz CT molecular complexity index is 260. The Hall–Kier alpha value is -0.590. The van der Waals surface area contributed by atoms with Crippen molar-refractivity contribution >= 4 is 5.78 Å². The first-order valence-electron chi connectivity index (χ1n) is 4.71. The monoisotopic (exact) mass is 164 g/mol. The van der Waals surface area contributed by atoms with Gasteiger partial charge in [-0.05, 0) is 24.2 Å². The minimum Gasteiger partial charge on any atom is -0.299 e. The molecule has 2 aliphatic carbocycles. The van der Waals surface area contributed by atoms with Crippen LogP contribution < -0.4 is 0 Å². The molecule has 0 bridgehead atoms. The van der Waals surface area contributed by atoms with Gasteiger partial charge in [-0.3, -0.25) is 4.79 Å². The maximum Gasteiger partial charge on any atom is 0.137 e. The fraction of sp³-hybridized carbons (Fsp3) is 0.727. The number of hydrogen-bond acceptors (Lipinski definition) is 1. The molecule has 2 atom stereocenters. The molecule has 12 heavy (non-hydrogen) atoms. The maximum absolute atomic E-state index is 11.4. The second-order valence-electron chi connectivity index (χ2n) is 4.89. The summed E-state index contributed by atoms with van der Waals surface area (Å²) in [6, 6.07) is 0. The highest BCUT2D eigenvalue weighted by molar-refractivity contribution is 5.82. The van der Waals surface area contributed by atoms with Gasteiger partial charge in [0.15, 0.2) is 0 Å². The fourth-order valence-electron chi connectivity index (χ4n) is 2.50. The summed E-state index contributed by atoms with van der Waals surface area (Å²) in [5.74, 6) is 1.76. The number of fused-ring (bicyclic) bond motifs is 1. The van der Waals surface area contributed by atoms with Crippen molar-refractivity contribution in [3.63, 3.8) is 0 Å². The van der Waals surface area contributed by atoms with Gasteiger partial charge in [-0.25, -0.2) is 0 Å². The Morgan fingerprint density at radius 1 is 1.50 bits per heavy atom. The topological polar surface area (TPSA) is 17.1 Å². The van der Waals surface area contributed by atoms with Crippen molar-refractivity contribution in [2.75, 3.05) is 0 Å². The second kappa shape index (κ2) is 2.21. The second-order valence-corrected chi connectivity index (χ2v) is 4.89. The molecule has 1 saturated carbocycles. The summed E-state index contributed by atoms with van der Waals surface area (Å²) < 4.78 is 0. The quantitative estimate of drug-likeness (QED) is 0.503. The molecule has 0 amide bonds. The molecular weight excluding hydrogens is 148 g/mol. The van der Waals surface area contributed by atoms with Crippen LogP contribution >= 0.6 is 0 Å². The summed E-state index contributed by atoms with van der Waals surface area (Å²) in [5.41, 5.74) is 1.68. The zero-order valence-corrected chi connectivity index (χ0v) is 8.05. The van der Waals surface area contributed by atoms with Crippen LogP contribution in [0.5, 0.6) is 0 Å². The largest absolute Gasteiger partial charge is 0.299 e. The minimum atomic E-state index is 0.400. The first-order chi connectivity index (χ1) is 5.51. The molecule has 2 rings (SSSR count). The van der Waals surface area contributed by atoms with E-state index in [-0.39, 0.29) is 0 Å². The highest BCUT2D eigenvalue weighted by Crippen LogP contribution is 2.62. The van der Waals surface area contributed by atoms with E-state index in [2.05, 4.69) is 26.8 Å². The average molecular weight is 164 g/mol. The zero-order valence-electron chi connectivity index (χ0n) is 8.05. The molecule has 1 heteroatoms. The van der Waals surface area contributed by atoms with Gasteiger partial charge in [0.25, 0.3) is 0 Å². The van der Waals surface area contributed by atoms with E-state index in [9.17, 15) is 4.79 Å². The number of rotatable bonds is 0. The highest BCUT2D eigenvalue weighted by atomic mass is 16.1. The van der Waals surface area contributed by atoms with Crippen LogP contribution in [0.1, 0.15) is 33.6 Å². The van der Waals surface area contributed by atoms with E-state index in [1.54, 1.807) is 0 Å². The molecule has 0 spiro atoms. The van der Waals surface area contributed by atoms with E-state index in [4.69, 9.17) is 0 Å². The van der Waals surface area contributed by atoms with Crippen molar-refractivity contribution in [1.29, 1.82) is 0 Å². The molecule has 2 aliphatic rings. The van der Waals surface area contributed by atoms with Crippen LogP contribution in [-0.2, 0) is 4.79 Å².